The summed E-state index contributed by atoms with van der Waals surface area (Å²) in [6.07, 6.45) is 0. The molecular weight excluding hydrogens is 230 g/mol. The van der Waals surface area contributed by atoms with Crippen molar-refractivity contribution in [1.29, 1.82) is 0 Å². The summed E-state index contributed by atoms with van der Waals surface area (Å²) in [5.41, 5.74) is 5.39. The van der Waals surface area contributed by atoms with Gasteiger partial charge >= 0.3 is 5.97 Å². The van der Waals surface area contributed by atoms with Gasteiger partial charge in [-0.3, -0.25) is 14.7 Å². The molecule has 0 saturated carbocycles. The Bertz CT molecular complexity index is 256. The van der Waals surface area contributed by atoms with Gasteiger partial charge in [-0.1, -0.05) is 0 Å². The SMILES string of the molecule is COC[C@H](C(=O)O)N(C)C(S)CN=C(C)N. The van der Waals surface area contributed by atoms with Crippen molar-refractivity contribution < 1.29 is 14.6 Å². The number of thiol groups is 1. The van der Waals surface area contributed by atoms with Crippen molar-refractivity contribution in [2.24, 2.45) is 10.7 Å². The number of aliphatic imine (C=N–C) groups is 1. The molecule has 94 valence electrons. The maximum absolute atomic E-state index is 11.0. The van der Waals surface area contributed by atoms with E-state index in [0.29, 0.717) is 12.4 Å². The molecule has 0 aromatic heterocycles. The highest BCUT2D eigenvalue weighted by Gasteiger charge is 2.26. The lowest BCUT2D eigenvalue weighted by molar-refractivity contribution is -0.144. The van der Waals surface area contributed by atoms with Gasteiger partial charge in [-0.05, 0) is 14.0 Å². The molecule has 0 aromatic rings. The number of carboxylic acid groups (broad SMARTS) is 1. The van der Waals surface area contributed by atoms with Crippen LogP contribution in [0.2, 0.25) is 0 Å². The summed E-state index contributed by atoms with van der Waals surface area (Å²) in [6, 6.07) is -0.735. The Hall–Kier alpha value is -0.790. The quantitative estimate of drug-likeness (QED) is 0.248. The summed E-state index contributed by atoms with van der Waals surface area (Å²) >= 11 is 4.27. The van der Waals surface area contributed by atoms with E-state index in [0.717, 1.165) is 0 Å². The number of hydrogen-bond acceptors (Lipinski definition) is 5. The highest BCUT2D eigenvalue weighted by molar-refractivity contribution is 7.80. The van der Waals surface area contributed by atoms with E-state index >= 15 is 0 Å². The van der Waals surface area contributed by atoms with Gasteiger partial charge in [0, 0.05) is 7.11 Å². The number of carbonyl (C=O) groups is 1. The van der Waals surface area contributed by atoms with Crippen LogP contribution >= 0.6 is 12.6 Å². The Morgan fingerprint density at radius 3 is 2.62 bits per heavy atom. The minimum Gasteiger partial charge on any atom is -0.480 e. The van der Waals surface area contributed by atoms with Gasteiger partial charge in [0.2, 0.25) is 0 Å². The number of carboxylic acids is 1. The van der Waals surface area contributed by atoms with Gasteiger partial charge in [-0.2, -0.15) is 12.6 Å². The zero-order valence-corrected chi connectivity index (χ0v) is 10.6. The molecule has 0 bridgehead atoms. The van der Waals surface area contributed by atoms with E-state index in [2.05, 4.69) is 17.6 Å². The van der Waals surface area contributed by atoms with E-state index in [1.807, 2.05) is 0 Å². The molecule has 3 N–H and O–H groups in total. The van der Waals surface area contributed by atoms with Gasteiger partial charge in [0.15, 0.2) is 0 Å². The molecular formula is C9H19N3O3S. The van der Waals surface area contributed by atoms with Crippen LogP contribution < -0.4 is 5.73 Å². The van der Waals surface area contributed by atoms with Gasteiger partial charge in [0.25, 0.3) is 0 Å². The summed E-state index contributed by atoms with van der Waals surface area (Å²) in [5, 5.41) is 8.67. The van der Waals surface area contributed by atoms with E-state index in [-0.39, 0.29) is 12.0 Å². The molecule has 6 nitrogen and oxygen atoms in total. The second-order valence-electron chi connectivity index (χ2n) is 3.44. The van der Waals surface area contributed by atoms with E-state index in [4.69, 9.17) is 15.6 Å². The van der Waals surface area contributed by atoms with Gasteiger partial charge in [0.05, 0.1) is 24.4 Å². The molecule has 0 saturated heterocycles. The molecule has 16 heavy (non-hydrogen) atoms. The molecule has 2 atom stereocenters. The Kier molecular flexibility index (Phi) is 7.11. The standard InChI is InChI=1S/C9H19N3O3S/c1-6(10)11-4-8(16)12(2)7(5-15-3)9(13)14/h7-8,16H,4-5H2,1-3H3,(H2,10,11)(H,13,14)/t7-,8?/m1/s1. The highest BCUT2D eigenvalue weighted by atomic mass is 32.1. The topological polar surface area (TPSA) is 88.2 Å². The average molecular weight is 249 g/mol. The number of likely N-dealkylation sites (N-methyl/N-ethyl adjacent to an activating group) is 1. The van der Waals surface area contributed by atoms with Crippen LogP contribution in [-0.2, 0) is 9.53 Å². The van der Waals surface area contributed by atoms with E-state index in [1.165, 1.54) is 7.11 Å². The van der Waals surface area contributed by atoms with E-state index in [9.17, 15) is 4.79 Å². The van der Waals surface area contributed by atoms with Crippen LogP contribution in [0.3, 0.4) is 0 Å². The lowest BCUT2D eigenvalue weighted by Gasteiger charge is -2.28. The van der Waals surface area contributed by atoms with Crippen LogP contribution in [0.5, 0.6) is 0 Å². The van der Waals surface area contributed by atoms with Crippen LogP contribution in [-0.4, -0.2) is 60.5 Å². The van der Waals surface area contributed by atoms with Crippen LogP contribution in [0.1, 0.15) is 6.92 Å². The minimum atomic E-state index is -0.947. The zero-order valence-electron chi connectivity index (χ0n) is 9.75. The first-order valence-electron chi connectivity index (χ1n) is 4.78. The normalized spacial score (nSPS) is 16.2. The molecule has 0 aliphatic carbocycles. The van der Waals surface area contributed by atoms with Gasteiger partial charge < -0.3 is 15.6 Å². The molecule has 0 radical (unpaired) electrons. The van der Waals surface area contributed by atoms with Crippen LogP contribution in [0.4, 0.5) is 0 Å². The monoisotopic (exact) mass is 249 g/mol. The van der Waals surface area contributed by atoms with Gasteiger partial charge in [-0.25, -0.2) is 0 Å². The number of amidine groups is 1. The summed E-state index contributed by atoms with van der Waals surface area (Å²) in [6.45, 7) is 2.12. The number of methoxy groups -OCH3 is 1. The van der Waals surface area contributed by atoms with Crippen molar-refractivity contribution in [3.8, 4) is 0 Å². The van der Waals surface area contributed by atoms with E-state index in [1.54, 1.807) is 18.9 Å². The molecule has 0 amide bonds. The first-order chi connectivity index (χ1) is 7.40. The predicted molar refractivity (Wildman–Crippen MR) is 66.0 cm³/mol. The number of hydrogen-bond donors (Lipinski definition) is 3. The first kappa shape index (κ1) is 15.2. The van der Waals surface area contributed by atoms with Crippen molar-refractivity contribution in [3.05, 3.63) is 0 Å². The van der Waals surface area contributed by atoms with Crippen LogP contribution in [0, 0.1) is 0 Å². The van der Waals surface area contributed by atoms with Gasteiger partial charge in [-0.15, -0.1) is 0 Å². The summed E-state index contributed by atoms with van der Waals surface area (Å²) in [5.74, 6) is -0.497. The molecule has 0 aromatic carbocycles. The molecule has 0 fully saturated rings. The molecule has 0 rings (SSSR count). The maximum Gasteiger partial charge on any atom is 0.323 e. The Balaban J connectivity index is 4.42. The molecule has 0 aliphatic rings. The summed E-state index contributed by atoms with van der Waals surface area (Å²) < 4.78 is 4.85. The number of ether oxygens (including phenoxy) is 1. The number of aliphatic carboxylic acids is 1. The molecule has 1 unspecified atom stereocenters. The third-order valence-electron chi connectivity index (χ3n) is 2.08. The molecule has 0 heterocycles. The Morgan fingerprint density at radius 1 is 1.69 bits per heavy atom. The second kappa shape index (κ2) is 7.48. The zero-order chi connectivity index (χ0) is 12.7. The summed E-state index contributed by atoms with van der Waals surface area (Å²) in [7, 11) is 3.12. The fourth-order valence-corrected chi connectivity index (χ4v) is 1.33. The summed E-state index contributed by atoms with van der Waals surface area (Å²) in [4.78, 5) is 16.5. The third-order valence-corrected chi connectivity index (χ3v) is 2.60. The number of nitrogens with two attached hydrogens (primary N) is 1. The van der Waals surface area contributed by atoms with Crippen molar-refractivity contribution in [2.45, 2.75) is 18.3 Å². The lowest BCUT2D eigenvalue weighted by Crippen LogP contribution is -2.46. The highest BCUT2D eigenvalue weighted by Crippen LogP contribution is 2.08. The lowest BCUT2D eigenvalue weighted by atomic mass is 10.3. The first-order valence-corrected chi connectivity index (χ1v) is 5.30. The minimum absolute atomic E-state index is 0.105. The average Bonchev–Trinajstić information content (AvgIpc) is 2.20. The van der Waals surface area contributed by atoms with Crippen molar-refractivity contribution in [1.82, 2.24) is 4.90 Å². The Morgan fingerprint density at radius 2 is 2.25 bits per heavy atom. The largest absolute Gasteiger partial charge is 0.480 e. The van der Waals surface area contributed by atoms with Crippen molar-refractivity contribution >= 4 is 24.4 Å². The van der Waals surface area contributed by atoms with Crippen LogP contribution in [0.15, 0.2) is 4.99 Å². The predicted octanol–water partition coefficient (Wildman–Crippen LogP) is -0.349. The fourth-order valence-electron chi connectivity index (χ4n) is 1.08. The number of rotatable bonds is 7. The third kappa shape index (κ3) is 5.34. The van der Waals surface area contributed by atoms with Crippen molar-refractivity contribution in [3.63, 3.8) is 0 Å². The molecule has 0 aliphatic heterocycles. The maximum atomic E-state index is 11.0. The number of nitrogens with zero attached hydrogens (tertiary/aromatic N) is 2. The smallest absolute Gasteiger partial charge is 0.323 e. The molecule has 7 heteroatoms. The Labute approximate surface area is 101 Å². The van der Waals surface area contributed by atoms with Crippen LogP contribution in [0.25, 0.3) is 0 Å². The van der Waals surface area contributed by atoms with Gasteiger partial charge in [0.1, 0.15) is 6.04 Å². The molecule has 0 spiro atoms. The van der Waals surface area contributed by atoms with E-state index < -0.39 is 12.0 Å². The second-order valence-corrected chi connectivity index (χ2v) is 4.03. The van der Waals surface area contributed by atoms with Crippen molar-refractivity contribution in [2.75, 3.05) is 27.3 Å². The fraction of sp³-hybridized carbons (Fsp3) is 0.778.